The Balaban J connectivity index is 1.75. The second kappa shape index (κ2) is 7.91. The predicted molar refractivity (Wildman–Crippen MR) is 97.7 cm³/mol. The summed E-state index contributed by atoms with van der Waals surface area (Å²) < 4.78 is 29.6. The average molecular weight is 382 g/mol. The SMILES string of the molecule is COc1ccccc1C1CNCCN1C(=O)C1CCN(S(N)(=O)=O)CC1. The third-order valence-electron chi connectivity index (χ3n) is 5.19. The number of ether oxygens (including phenoxy) is 1. The van der Waals surface area contributed by atoms with E-state index in [9.17, 15) is 13.2 Å². The maximum atomic E-state index is 13.2. The molecule has 2 aliphatic heterocycles. The number of rotatable bonds is 4. The van der Waals surface area contributed by atoms with Gasteiger partial charge in [-0.3, -0.25) is 4.79 Å². The van der Waals surface area contributed by atoms with Crippen molar-refractivity contribution in [2.24, 2.45) is 11.1 Å². The molecule has 0 spiro atoms. The Morgan fingerprint density at radius 3 is 2.58 bits per heavy atom. The van der Waals surface area contributed by atoms with Crippen molar-refractivity contribution in [3.05, 3.63) is 29.8 Å². The number of hydrogen-bond donors (Lipinski definition) is 2. The van der Waals surface area contributed by atoms with Crippen LogP contribution in [0.15, 0.2) is 24.3 Å². The lowest BCUT2D eigenvalue weighted by Crippen LogP contribution is -2.52. The zero-order valence-corrected chi connectivity index (χ0v) is 15.7. The highest BCUT2D eigenvalue weighted by Gasteiger charge is 2.36. The minimum absolute atomic E-state index is 0.0801. The van der Waals surface area contributed by atoms with E-state index >= 15 is 0 Å². The fraction of sp³-hybridized carbons (Fsp3) is 0.588. The topological polar surface area (TPSA) is 105 Å². The average Bonchev–Trinajstić information content (AvgIpc) is 2.67. The number of piperidine rings is 1. The highest BCUT2D eigenvalue weighted by molar-refractivity contribution is 7.86. The third kappa shape index (κ3) is 4.01. The smallest absolute Gasteiger partial charge is 0.276 e. The summed E-state index contributed by atoms with van der Waals surface area (Å²) in [5.74, 6) is 0.669. The summed E-state index contributed by atoms with van der Waals surface area (Å²) >= 11 is 0. The van der Waals surface area contributed by atoms with E-state index in [4.69, 9.17) is 9.88 Å². The van der Waals surface area contributed by atoms with E-state index in [-0.39, 0.29) is 17.9 Å². The molecule has 3 N–H and O–H groups in total. The monoisotopic (exact) mass is 382 g/mol. The number of carbonyl (C=O) groups excluding carboxylic acids is 1. The van der Waals surface area contributed by atoms with Crippen LogP contribution in [0.5, 0.6) is 5.75 Å². The van der Waals surface area contributed by atoms with Crippen LogP contribution in [0.1, 0.15) is 24.4 Å². The van der Waals surface area contributed by atoms with Gasteiger partial charge in [0.2, 0.25) is 5.91 Å². The van der Waals surface area contributed by atoms with Crippen molar-refractivity contribution in [1.82, 2.24) is 14.5 Å². The summed E-state index contributed by atoms with van der Waals surface area (Å²) in [5.41, 5.74) is 0.984. The molecule has 2 heterocycles. The van der Waals surface area contributed by atoms with Gasteiger partial charge in [-0.05, 0) is 18.9 Å². The molecule has 0 aliphatic carbocycles. The summed E-state index contributed by atoms with van der Waals surface area (Å²) in [7, 11) is -2.05. The zero-order valence-electron chi connectivity index (χ0n) is 14.9. The van der Waals surface area contributed by atoms with Crippen molar-refractivity contribution in [1.29, 1.82) is 0 Å². The number of carbonyl (C=O) groups is 1. The van der Waals surface area contributed by atoms with Crippen LogP contribution in [0.2, 0.25) is 0 Å². The minimum Gasteiger partial charge on any atom is -0.496 e. The maximum absolute atomic E-state index is 13.2. The first-order valence-electron chi connectivity index (χ1n) is 8.84. The summed E-state index contributed by atoms with van der Waals surface area (Å²) in [4.78, 5) is 15.1. The molecular weight excluding hydrogens is 356 g/mol. The Hall–Kier alpha value is -1.68. The Morgan fingerprint density at radius 2 is 1.92 bits per heavy atom. The van der Waals surface area contributed by atoms with Gasteiger partial charge in [-0.2, -0.15) is 12.7 Å². The molecule has 1 aromatic carbocycles. The molecule has 0 aromatic heterocycles. The standard InChI is InChI=1S/C17H26N4O4S/c1-25-16-5-3-2-4-14(16)15-12-19-8-11-21(15)17(22)13-6-9-20(10-7-13)26(18,23)24/h2-5,13,15,19H,6-12H2,1H3,(H2,18,23,24). The normalized spacial score (nSPS) is 23.0. The van der Waals surface area contributed by atoms with Gasteiger partial charge in [-0.15, -0.1) is 0 Å². The lowest BCUT2D eigenvalue weighted by atomic mass is 9.93. The molecule has 0 bridgehead atoms. The lowest BCUT2D eigenvalue weighted by Gasteiger charge is -2.40. The van der Waals surface area contributed by atoms with Crippen LogP contribution in [-0.4, -0.2) is 63.4 Å². The number of nitrogens with two attached hydrogens (primary N) is 1. The van der Waals surface area contributed by atoms with E-state index < -0.39 is 10.2 Å². The van der Waals surface area contributed by atoms with Gasteiger partial charge in [0.1, 0.15) is 5.75 Å². The number of benzene rings is 1. The summed E-state index contributed by atoms with van der Waals surface area (Å²) in [5, 5.41) is 8.53. The maximum Gasteiger partial charge on any atom is 0.276 e. The molecule has 0 saturated carbocycles. The fourth-order valence-electron chi connectivity index (χ4n) is 3.78. The number of nitrogens with zero attached hydrogens (tertiary/aromatic N) is 2. The molecular formula is C17H26N4O4S. The first kappa shape index (κ1) is 19.1. The molecule has 1 amide bonds. The number of para-hydroxylation sites is 1. The van der Waals surface area contributed by atoms with E-state index in [1.54, 1.807) is 7.11 Å². The molecule has 1 atom stereocenters. The lowest BCUT2D eigenvalue weighted by molar-refractivity contribution is -0.140. The molecule has 2 aliphatic rings. The molecule has 144 valence electrons. The number of hydrogen-bond acceptors (Lipinski definition) is 5. The number of piperazine rings is 1. The van der Waals surface area contributed by atoms with Gasteiger partial charge in [-0.25, -0.2) is 5.14 Å². The van der Waals surface area contributed by atoms with Crippen LogP contribution in [-0.2, 0) is 15.0 Å². The highest BCUT2D eigenvalue weighted by atomic mass is 32.2. The Kier molecular flexibility index (Phi) is 5.81. The van der Waals surface area contributed by atoms with Crippen LogP contribution in [0.25, 0.3) is 0 Å². The first-order valence-corrected chi connectivity index (χ1v) is 10.3. The predicted octanol–water partition coefficient (Wildman–Crippen LogP) is 0.0836. The van der Waals surface area contributed by atoms with Crippen LogP contribution in [0.3, 0.4) is 0 Å². The van der Waals surface area contributed by atoms with Crippen molar-refractivity contribution in [2.75, 3.05) is 39.8 Å². The molecule has 26 heavy (non-hydrogen) atoms. The van der Waals surface area contributed by atoms with Gasteiger partial charge in [0.25, 0.3) is 10.2 Å². The van der Waals surface area contributed by atoms with Gasteiger partial charge < -0.3 is 15.0 Å². The summed E-state index contributed by atoms with van der Waals surface area (Å²) in [6, 6.07) is 7.65. The third-order valence-corrected chi connectivity index (χ3v) is 6.27. The van der Waals surface area contributed by atoms with Crippen LogP contribution < -0.4 is 15.2 Å². The number of nitrogens with one attached hydrogen (secondary N) is 1. The largest absolute Gasteiger partial charge is 0.496 e. The van der Waals surface area contributed by atoms with Crippen LogP contribution >= 0.6 is 0 Å². The van der Waals surface area contributed by atoms with Crippen molar-refractivity contribution in [2.45, 2.75) is 18.9 Å². The van der Waals surface area contributed by atoms with E-state index in [1.807, 2.05) is 29.2 Å². The van der Waals surface area contributed by atoms with Gasteiger partial charge in [0.15, 0.2) is 0 Å². The van der Waals surface area contributed by atoms with E-state index in [2.05, 4.69) is 5.32 Å². The van der Waals surface area contributed by atoms with E-state index in [1.165, 1.54) is 4.31 Å². The summed E-state index contributed by atoms with van der Waals surface area (Å²) in [6.07, 6.45) is 0.996. The second-order valence-corrected chi connectivity index (χ2v) is 8.26. The van der Waals surface area contributed by atoms with E-state index in [0.717, 1.165) is 17.9 Å². The Labute approximate surface area is 154 Å². The molecule has 9 heteroatoms. The highest BCUT2D eigenvalue weighted by Crippen LogP contribution is 2.32. The number of methoxy groups -OCH3 is 1. The van der Waals surface area contributed by atoms with Crippen molar-refractivity contribution >= 4 is 16.1 Å². The quantitative estimate of drug-likeness (QED) is 0.768. The van der Waals surface area contributed by atoms with Gasteiger partial charge >= 0.3 is 0 Å². The zero-order chi connectivity index (χ0) is 18.7. The van der Waals surface area contributed by atoms with Crippen molar-refractivity contribution < 1.29 is 17.9 Å². The molecule has 2 fully saturated rings. The van der Waals surface area contributed by atoms with E-state index in [0.29, 0.717) is 39.0 Å². The van der Waals surface area contributed by atoms with Crippen LogP contribution in [0.4, 0.5) is 0 Å². The molecule has 1 unspecified atom stereocenters. The van der Waals surface area contributed by atoms with Crippen molar-refractivity contribution in [3.63, 3.8) is 0 Å². The van der Waals surface area contributed by atoms with Crippen LogP contribution in [0, 0.1) is 5.92 Å². The van der Waals surface area contributed by atoms with Crippen molar-refractivity contribution in [3.8, 4) is 5.75 Å². The molecule has 3 rings (SSSR count). The Bertz CT molecular complexity index is 747. The molecule has 1 aromatic rings. The molecule has 2 saturated heterocycles. The van der Waals surface area contributed by atoms with Gasteiger partial charge in [0.05, 0.1) is 13.2 Å². The number of amides is 1. The molecule has 8 nitrogen and oxygen atoms in total. The first-order chi connectivity index (χ1) is 12.4. The summed E-state index contributed by atoms with van der Waals surface area (Å²) in [6.45, 7) is 2.62. The Morgan fingerprint density at radius 1 is 1.23 bits per heavy atom. The molecule has 0 radical (unpaired) electrons. The minimum atomic E-state index is -3.68. The fourth-order valence-corrected chi connectivity index (χ4v) is 4.50. The second-order valence-electron chi connectivity index (χ2n) is 6.71. The van der Waals surface area contributed by atoms with Gasteiger partial charge in [0, 0.05) is 44.2 Å². The van der Waals surface area contributed by atoms with Gasteiger partial charge in [-0.1, -0.05) is 18.2 Å².